The van der Waals surface area contributed by atoms with E-state index in [-0.39, 0.29) is 6.54 Å². The lowest BCUT2D eigenvalue weighted by Crippen LogP contribution is -2.10. The SMILES string of the molecule is COc1ccc(Cn2nnc(C(=O)O)c2C(F)F)cc1Br. The Morgan fingerprint density at radius 2 is 2.24 bits per heavy atom. The van der Waals surface area contributed by atoms with Crippen molar-refractivity contribution in [3.63, 3.8) is 0 Å². The molecule has 1 heterocycles. The number of carbonyl (C=O) groups is 1. The number of aromatic nitrogens is 3. The molecular formula is C12H10BrF2N3O3. The lowest BCUT2D eigenvalue weighted by atomic mass is 10.2. The van der Waals surface area contributed by atoms with Gasteiger partial charge >= 0.3 is 5.97 Å². The van der Waals surface area contributed by atoms with Crippen LogP contribution in [-0.2, 0) is 6.54 Å². The van der Waals surface area contributed by atoms with Crippen LogP contribution in [0.2, 0.25) is 0 Å². The number of methoxy groups -OCH3 is 1. The molecule has 0 saturated heterocycles. The van der Waals surface area contributed by atoms with Crippen molar-refractivity contribution in [3.8, 4) is 5.75 Å². The van der Waals surface area contributed by atoms with Gasteiger partial charge in [-0.25, -0.2) is 18.3 Å². The maximum absolute atomic E-state index is 13.0. The van der Waals surface area contributed by atoms with Gasteiger partial charge in [-0.15, -0.1) is 5.10 Å². The Hall–Kier alpha value is -2.03. The van der Waals surface area contributed by atoms with Crippen LogP contribution in [0.5, 0.6) is 5.75 Å². The number of halogens is 3. The number of carboxylic acid groups (broad SMARTS) is 1. The van der Waals surface area contributed by atoms with Gasteiger partial charge < -0.3 is 9.84 Å². The van der Waals surface area contributed by atoms with E-state index in [1.807, 2.05) is 0 Å². The number of alkyl halides is 2. The molecule has 6 nitrogen and oxygen atoms in total. The zero-order valence-electron chi connectivity index (χ0n) is 10.8. The maximum Gasteiger partial charge on any atom is 0.358 e. The summed E-state index contributed by atoms with van der Waals surface area (Å²) < 4.78 is 32.6. The molecule has 0 saturated carbocycles. The van der Waals surface area contributed by atoms with Crippen LogP contribution in [0.15, 0.2) is 22.7 Å². The topological polar surface area (TPSA) is 77.2 Å². The molecule has 0 amide bonds. The predicted molar refractivity (Wildman–Crippen MR) is 71.7 cm³/mol. The van der Waals surface area contributed by atoms with E-state index < -0.39 is 23.8 Å². The fourth-order valence-electron chi connectivity index (χ4n) is 1.79. The lowest BCUT2D eigenvalue weighted by Gasteiger charge is -2.08. The summed E-state index contributed by atoms with van der Waals surface area (Å²) in [6.07, 6.45) is -2.98. The largest absolute Gasteiger partial charge is 0.496 e. The molecule has 0 unspecified atom stereocenters. The van der Waals surface area contributed by atoms with Gasteiger partial charge in [0.25, 0.3) is 6.43 Å². The monoisotopic (exact) mass is 361 g/mol. The number of carboxylic acids is 1. The summed E-state index contributed by atoms with van der Waals surface area (Å²) in [6.45, 7) is -0.0253. The third kappa shape index (κ3) is 3.18. The van der Waals surface area contributed by atoms with Crippen molar-refractivity contribution in [2.24, 2.45) is 0 Å². The Morgan fingerprint density at radius 1 is 1.52 bits per heavy atom. The molecule has 1 aromatic heterocycles. The molecule has 0 fully saturated rings. The van der Waals surface area contributed by atoms with Gasteiger partial charge in [0, 0.05) is 0 Å². The second-order valence-electron chi connectivity index (χ2n) is 4.06. The first-order valence-electron chi connectivity index (χ1n) is 5.71. The van der Waals surface area contributed by atoms with E-state index >= 15 is 0 Å². The third-order valence-corrected chi connectivity index (χ3v) is 3.35. The van der Waals surface area contributed by atoms with Gasteiger partial charge in [0.1, 0.15) is 11.4 Å². The van der Waals surface area contributed by atoms with Gasteiger partial charge in [-0.3, -0.25) is 0 Å². The minimum atomic E-state index is -2.98. The highest BCUT2D eigenvalue weighted by Gasteiger charge is 2.26. The van der Waals surface area contributed by atoms with E-state index in [1.54, 1.807) is 18.2 Å². The molecule has 0 aliphatic carbocycles. The van der Waals surface area contributed by atoms with E-state index in [9.17, 15) is 13.6 Å². The maximum atomic E-state index is 13.0. The van der Waals surface area contributed by atoms with Crippen molar-refractivity contribution >= 4 is 21.9 Å². The molecule has 0 aliphatic heterocycles. The lowest BCUT2D eigenvalue weighted by molar-refractivity contribution is 0.0675. The van der Waals surface area contributed by atoms with Crippen LogP contribution in [0.4, 0.5) is 8.78 Å². The Balaban J connectivity index is 2.35. The first kappa shape index (κ1) is 15.4. The van der Waals surface area contributed by atoms with Gasteiger partial charge in [0.2, 0.25) is 0 Å². The quantitative estimate of drug-likeness (QED) is 0.885. The number of hydrogen-bond acceptors (Lipinski definition) is 4. The Labute approximate surface area is 126 Å². The molecule has 1 aromatic carbocycles. The van der Waals surface area contributed by atoms with Gasteiger partial charge in [-0.2, -0.15) is 0 Å². The number of ether oxygens (including phenoxy) is 1. The summed E-state index contributed by atoms with van der Waals surface area (Å²) in [6, 6.07) is 5.01. The van der Waals surface area contributed by atoms with E-state index in [1.165, 1.54) is 7.11 Å². The fraction of sp³-hybridized carbons (Fsp3) is 0.250. The van der Waals surface area contributed by atoms with E-state index in [2.05, 4.69) is 26.2 Å². The van der Waals surface area contributed by atoms with Gasteiger partial charge in [-0.1, -0.05) is 11.3 Å². The Bertz CT molecular complexity index is 676. The zero-order chi connectivity index (χ0) is 15.6. The first-order valence-corrected chi connectivity index (χ1v) is 6.50. The summed E-state index contributed by atoms with van der Waals surface area (Å²) in [5, 5.41) is 15.6. The number of rotatable bonds is 5. The molecule has 0 atom stereocenters. The highest BCUT2D eigenvalue weighted by molar-refractivity contribution is 9.10. The van der Waals surface area contributed by atoms with Gasteiger partial charge in [-0.05, 0) is 33.6 Å². The van der Waals surface area contributed by atoms with E-state index in [4.69, 9.17) is 9.84 Å². The average molecular weight is 362 g/mol. The van der Waals surface area contributed by atoms with Crippen molar-refractivity contribution in [3.05, 3.63) is 39.6 Å². The van der Waals surface area contributed by atoms with Crippen LogP contribution >= 0.6 is 15.9 Å². The molecule has 0 radical (unpaired) electrons. The van der Waals surface area contributed by atoms with Gasteiger partial charge in [0.05, 0.1) is 18.1 Å². The van der Waals surface area contributed by atoms with Crippen molar-refractivity contribution in [2.45, 2.75) is 13.0 Å². The standard InChI is InChI=1S/C12H10BrF2N3O3/c1-21-8-3-2-6(4-7(8)13)5-18-10(11(14)15)9(12(19)20)16-17-18/h2-4,11H,5H2,1H3,(H,19,20). The highest BCUT2D eigenvalue weighted by Crippen LogP contribution is 2.27. The van der Waals surface area contributed by atoms with Crippen LogP contribution in [-0.4, -0.2) is 33.2 Å². The van der Waals surface area contributed by atoms with E-state index in [0.717, 1.165) is 4.68 Å². The molecule has 2 rings (SSSR count). The number of aromatic carboxylic acids is 1. The molecule has 1 N–H and O–H groups in total. The fourth-order valence-corrected chi connectivity index (χ4v) is 2.37. The minimum absolute atomic E-state index is 0.0253. The molecule has 9 heteroatoms. The molecule has 112 valence electrons. The van der Waals surface area contributed by atoms with Gasteiger partial charge in [0.15, 0.2) is 5.69 Å². The number of benzene rings is 1. The van der Waals surface area contributed by atoms with Crippen molar-refractivity contribution in [1.29, 1.82) is 0 Å². The first-order chi connectivity index (χ1) is 9.93. The molecule has 2 aromatic rings. The summed E-state index contributed by atoms with van der Waals surface area (Å²) in [4.78, 5) is 10.9. The summed E-state index contributed by atoms with van der Waals surface area (Å²) in [7, 11) is 1.51. The molecule has 0 aliphatic rings. The number of hydrogen-bond donors (Lipinski definition) is 1. The highest BCUT2D eigenvalue weighted by atomic mass is 79.9. The second kappa shape index (κ2) is 6.17. The number of nitrogens with zero attached hydrogens (tertiary/aromatic N) is 3. The minimum Gasteiger partial charge on any atom is -0.496 e. The third-order valence-electron chi connectivity index (χ3n) is 2.73. The summed E-state index contributed by atoms with van der Waals surface area (Å²) >= 11 is 3.28. The average Bonchev–Trinajstić information content (AvgIpc) is 2.83. The zero-order valence-corrected chi connectivity index (χ0v) is 12.3. The van der Waals surface area contributed by atoms with Crippen molar-refractivity contribution in [2.75, 3.05) is 7.11 Å². The molecule has 0 bridgehead atoms. The van der Waals surface area contributed by atoms with Crippen LogP contribution < -0.4 is 4.74 Å². The molecular weight excluding hydrogens is 352 g/mol. The Morgan fingerprint density at radius 3 is 2.76 bits per heavy atom. The smallest absolute Gasteiger partial charge is 0.358 e. The van der Waals surface area contributed by atoms with Crippen LogP contribution in [0.3, 0.4) is 0 Å². The molecule has 21 heavy (non-hydrogen) atoms. The summed E-state index contributed by atoms with van der Waals surface area (Å²) in [5.74, 6) is -0.940. The second-order valence-corrected chi connectivity index (χ2v) is 4.91. The van der Waals surface area contributed by atoms with Crippen LogP contribution in [0.25, 0.3) is 0 Å². The van der Waals surface area contributed by atoms with Crippen LogP contribution in [0, 0.1) is 0 Å². The predicted octanol–water partition coefficient (Wildman–Crippen LogP) is 2.73. The van der Waals surface area contributed by atoms with Crippen LogP contribution in [0.1, 0.15) is 28.2 Å². The van der Waals surface area contributed by atoms with E-state index in [0.29, 0.717) is 15.8 Å². The van der Waals surface area contributed by atoms with Crippen molar-refractivity contribution in [1.82, 2.24) is 15.0 Å². The normalized spacial score (nSPS) is 10.9. The van der Waals surface area contributed by atoms with Crippen molar-refractivity contribution < 1.29 is 23.4 Å². The summed E-state index contributed by atoms with van der Waals surface area (Å²) in [5.41, 5.74) is -0.807. The molecule has 0 spiro atoms. The Kier molecular flexibility index (Phi) is 4.51.